The van der Waals surface area contributed by atoms with Crippen molar-refractivity contribution in [1.29, 1.82) is 0 Å². The number of anilines is 1. The van der Waals surface area contributed by atoms with Crippen LogP contribution in [0.25, 0.3) is 0 Å². The molecule has 0 aliphatic carbocycles. The molecule has 32 heavy (non-hydrogen) atoms. The van der Waals surface area contributed by atoms with Gasteiger partial charge >= 0.3 is 0 Å². The van der Waals surface area contributed by atoms with Crippen molar-refractivity contribution >= 4 is 64.1 Å². The highest BCUT2D eigenvalue weighted by atomic mass is 35.5. The Balaban J connectivity index is 1.62. The molecule has 11 heteroatoms. The minimum absolute atomic E-state index is 0.119. The maximum Gasteiger partial charge on any atom is 0.251 e. The van der Waals surface area contributed by atoms with E-state index in [1.165, 1.54) is 11.8 Å². The summed E-state index contributed by atoms with van der Waals surface area (Å²) in [5, 5.41) is 16.1. The molecular formula is C21H20Cl3N5O2S. The van der Waals surface area contributed by atoms with Gasteiger partial charge in [0.05, 0.1) is 11.8 Å². The molecule has 3 aromatic rings. The minimum atomic E-state index is -0.387. The Morgan fingerprint density at radius 2 is 1.69 bits per heavy atom. The number of halogens is 3. The van der Waals surface area contributed by atoms with Crippen LogP contribution in [0.15, 0.2) is 47.6 Å². The molecule has 168 valence electrons. The van der Waals surface area contributed by atoms with Crippen molar-refractivity contribution in [3.63, 3.8) is 0 Å². The van der Waals surface area contributed by atoms with Crippen molar-refractivity contribution in [3.05, 3.63) is 68.9 Å². The Bertz CT molecular complexity index is 1100. The number of amides is 2. The standard InChI is InChI=1S/C21H20Cl3N5O2S/c1-3-29-19(12(2)25-20(31)13-4-6-14(22)7-5-13)27-28-21(29)32-11-18(30)26-17-9-15(23)8-16(24)10-17/h4-10,12H,3,11H2,1-2H3,(H,25,31)(H,26,30)/t12-/m1/s1. The van der Waals surface area contributed by atoms with E-state index in [0.29, 0.717) is 43.8 Å². The highest BCUT2D eigenvalue weighted by Crippen LogP contribution is 2.24. The lowest BCUT2D eigenvalue weighted by Crippen LogP contribution is -2.28. The third-order valence-corrected chi connectivity index (χ3v) is 6.04. The average Bonchev–Trinajstić information content (AvgIpc) is 3.15. The van der Waals surface area contributed by atoms with Crippen LogP contribution < -0.4 is 10.6 Å². The molecule has 0 aliphatic rings. The fraction of sp³-hybridized carbons (Fsp3) is 0.238. The zero-order chi connectivity index (χ0) is 23.3. The summed E-state index contributed by atoms with van der Waals surface area (Å²) in [5.74, 6) is 0.242. The largest absolute Gasteiger partial charge is 0.342 e. The van der Waals surface area contributed by atoms with Crippen LogP contribution in [0.5, 0.6) is 0 Å². The van der Waals surface area contributed by atoms with Gasteiger partial charge in [0, 0.05) is 32.9 Å². The van der Waals surface area contributed by atoms with E-state index < -0.39 is 0 Å². The van der Waals surface area contributed by atoms with E-state index in [-0.39, 0.29) is 23.6 Å². The summed E-state index contributed by atoms with van der Waals surface area (Å²) in [5.41, 5.74) is 1.01. The van der Waals surface area contributed by atoms with Gasteiger partial charge in [0.2, 0.25) is 5.91 Å². The zero-order valence-electron chi connectivity index (χ0n) is 17.2. The number of benzene rings is 2. The normalized spacial score (nSPS) is 11.8. The zero-order valence-corrected chi connectivity index (χ0v) is 20.3. The van der Waals surface area contributed by atoms with E-state index in [2.05, 4.69) is 20.8 Å². The molecule has 3 rings (SSSR count). The second-order valence-corrected chi connectivity index (χ2v) is 9.03. The molecule has 2 aromatic carbocycles. The molecule has 2 amide bonds. The maximum absolute atomic E-state index is 12.5. The summed E-state index contributed by atoms with van der Waals surface area (Å²) >= 11 is 19.0. The number of carbonyl (C=O) groups excluding carboxylic acids is 2. The van der Waals surface area contributed by atoms with Gasteiger partial charge in [-0.1, -0.05) is 46.6 Å². The number of nitrogens with one attached hydrogen (secondary N) is 2. The lowest BCUT2D eigenvalue weighted by Gasteiger charge is -2.15. The van der Waals surface area contributed by atoms with E-state index in [1.54, 1.807) is 42.5 Å². The van der Waals surface area contributed by atoms with Crippen LogP contribution in [0.2, 0.25) is 15.1 Å². The maximum atomic E-state index is 12.5. The molecule has 0 saturated heterocycles. The predicted octanol–water partition coefficient (Wildman–Crippen LogP) is 5.48. The van der Waals surface area contributed by atoms with E-state index in [0.717, 1.165) is 0 Å². The number of hydrogen-bond donors (Lipinski definition) is 2. The Labute approximate surface area is 204 Å². The van der Waals surface area contributed by atoms with E-state index in [9.17, 15) is 9.59 Å². The fourth-order valence-corrected chi connectivity index (χ4v) is 4.38. The van der Waals surface area contributed by atoms with E-state index >= 15 is 0 Å². The van der Waals surface area contributed by atoms with Crippen LogP contribution in [0.4, 0.5) is 5.69 Å². The highest BCUT2D eigenvalue weighted by Gasteiger charge is 2.20. The molecule has 1 heterocycles. The minimum Gasteiger partial charge on any atom is -0.342 e. The van der Waals surface area contributed by atoms with E-state index in [4.69, 9.17) is 34.8 Å². The molecule has 0 aliphatic heterocycles. The van der Waals surface area contributed by atoms with Crippen LogP contribution in [-0.4, -0.2) is 32.3 Å². The molecule has 1 atom stereocenters. The molecule has 0 spiro atoms. The summed E-state index contributed by atoms with van der Waals surface area (Å²) in [6.45, 7) is 4.35. The summed E-state index contributed by atoms with van der Waals surface area (Å²) in [7, 11) is 0. The molecule has 7 nitrogen and oxygen atoms in total. The molecule has 1 aromatic heterocycles. The molecule has 2 N–H and O–H groups in total. The molecule has 0 saturated carbocycles. The Hall–Kier alpha value is -2.26. The third kappa shape index (κ3) is 6.38. The predicted molar refractivity (Wildman–Crippen MR) is 129 cm³/mol. The number of hydrogen-bond acceptors (Lipinski definition) is 5. The second kappa shape index (κ2) is 11.0. The molecule has 0 unspecified atom stereocenters. The summed E-state index contributed by atoms with van der Waals surface area (Å²) in [4.78, 5) is 24.8. The first kappa shape index (κ1) is 24.4. The number of thioether (sulfide) groups is 1. The second-order valence-electron chi connectivity index (χ2n) is 6.78. The van der Waals surface area contributed by atoms with Crippen molar-refractivity contribution in [1.82, 2.24) is 20.1 Å². The first-order valence-electron chi connectivity index (χ1n) is 9.65. The smallest absolute Gasteiger partial charge is 0.251 e. The SMILES string of the molecule is CCn1c(SCC(=O)Nc2cc(Cl)cc(Cl)c2)nnc1[C@@H](C)NC(=O)c1ccc(Cl)cc1. The van der Waals surface area contributed by atoms with Gasteiger partial charge in [0.25, 0.3) is 5.91 Å². The van der Waals surface area contributed by atoms with Crippen LogP contribution in [0.3, 0.4) is 0 Å². The van der Waals surface area contributed by atoms with Crippen molar-refractivity contribution in [2.24, 2.45) is 0 Å². The topological polar surface area (TPSA) is 88.9 Å². The highest BCUT2D eigenvalue weighted by molar-refractivity contribution is 7.99. The number of rotatable bonds is 8. The summed E-state index contributed by atoms with van der Waals surface area (Å²) in [6.07, 6.45) is 0. The quantitative estimate of drug-likeness (QED) is 0.390. The first-order valence-corrected chi connectivity index (χ1v) is 11.8. The van der Waals surface area contributed by atoms with Crippen molar-refractivity contribution in [2.75, 3.05) is 11.1 Å². The fourth-order valence-electron chi connectivity index (χ4n) is 2.92. The molecule has 0 fully saturated rings. The lowest BCUT2D eigenvalue weighted by atomic mass is 10.2. The Morgan fingerprint density at radius 3 is 2.31 bits per heavy atom. The molecular weight excluding hydrogens is 493 g/mol. The van der Waals surface area contributed by atoms with Crippen molar-refractivity contribution < 1.29 is 9.59 Å². The van der Waals surface area contributed by atoms with Gasteiger partial charge in [-0.3, -0.25) is 9.59 Å². The molecule has 0 radical (unpaired) electrons. The number of aromatic nitrogens is 3. The molecule has 0 bridgehead atoms. The third-order valence-electron chi connectivity index (χ3n) is 4.38. The average molecular weight is 513 g/mol. The van der Waals surface area contributed by atoms with Gasteiger partial charge in [-0.05, 0) is 56.3 Å². The van der Waals surface area contributed by atoms with Gasteiger partial charge in [0.15, 0.2) is 11.0 Å². The Morgan fingerprint density at radius 1 is 1.03 bits per heavy atom. The van der Waals surface area contributed by atoms with Crippen molar-refractivity contribution in [2.45, 2.75) is 31.6 Å². The van der Waals surface area contributed by atoms with Crippen LogP contribution in [-0.2, 0) is 11.3 Å². The van der Waals surface area contributed by atoms with Gasteiger partial charge in [0.1, 0.15) is 0 Å². The van der Waals surface area contributed by atoms with Gasteiger partial charge in [-0.2, -0.15) is 0 Å². The monoisotopic (exact) mass is 511 g/mol. The number of carbonyl (C=O) groups is 2. The van der Waals surface area contributed by atoms with E-state index in [1.807, 2.05) is 18.4 Å². The number of nitrogens with zero attached hydrogens (tertiary/aromatic N) is 3. The van der Waals surface area contributed by atoms with Gasteiger partial charge in [-0.25, -0.2) is 0 Å². The summed E-state index contributed by atoms with van der Waals surface area (Å²) in [6, 6.07) is 11.1. The van der Waals surface area contributed by atoms with Gasteiger partial charge in [-0.15, -0.1) is 10.2 Å². The Kier molecular flexibility index (Phi) is 8.42. The lowest BCUT2D eigenvalue weighted by molar-refractivity contribution is -0.113. The van der Waals surface area contributed by atoms with Crippen LogP contribution in [0, 0.1) is 0 Å². The van der Waals surface area contributed by atoms with Crippen LogP contribution in [0.1, 0.15) is 36.1 Å². The van der Waals surface area contributed by atoms with Crippen molar-refractivity contribution in [3.8, 4) is 0 Å². The van der Waals surface area contributed by atoms with Gasteiger partial charge < -0.3 is 15.2 Å². The summed E-state index contributed by atoms with van der Waals surface area (Å²) < 4.78 is 1.86. The van der Waals surface area contributed by atoms with Crippen LogP contribution >= 0.6 is 46.6 Å². The first-order chi connectivity index (χ1) is 15.3.